The fourth-order valence-electron chi connectivity index (χ4n) is 3.84. The molecule has 0 bridgehead atoms. The maximum absolute atomic E-state index is 12.6. The van der Waals surface area contributed by atoms with Crippen LogP contribution in [0.25, 0.3) is 0 Å². The van der Waals surface area contributed by atoms with E-state index in [0.29, 0.717) is 0 Å². The summed E-state index contributed by atoms with van der Waals surface area (Å²) in [6.45, 7) is 5.57. The Morgan fingerprint density at radius 3 is 2.67 bits per heavy atom. The zero-order chi connectivity index (χ0) is 17.0. The summed E-state index contributed by atoms with van der Waals surface area (Å²) < 4.78 is 1.06. The van der Waals surface area contributed by atoms with Crippen molar-refractivity contribution in [2.24, 2.45) is 0 Å². The van der Waals surface area contributed by atoms with Gasteiger partial charge in [-0.25, -0.2) is 0 Å². The van der Waals surface area contributed by atoms with E-state index in [1.54, 1.807) is 0 Å². The minimum absolute atomic E-state index is 0.219. The maximum Gasteiger partial charge on any atom is 0.230 e. The topological polar surface area (TPSA) is 32.3 Å². The van der Waals surface area contributed by atoms with Crippen molar-refractivity contribution in [3.63, 3.8) is 0 Å². The summed E-state index contributed by atoms with van der Waals surface area (Å²) in [7, 11) is 0. The molecule has 1 atom stereocenters. The van der Waals surface area contributed by atoms with Crippen molar-refractivity contribution in [3.05, 3.63) is 34.3 Å². The average molecular weight is 393 g/mol. The summed E-state index contributed by atoms with van der Waals surface area (Å²) in [6.07, 6.45) is 8.27. The number of amides is 1. The highest BCUT2D eigenvalue weighted by molar-refractivity contribution is 9.10. The second-order valence-electron chi connectivity index (χ2n) is 7.43. The molecule has 2 fully saturated rings. The van der Waals surface area contributed by atoms with E-state index in [4.69, 9.17) is 0 Å². The molecule has 24 heavy (non-hydrogen) atoms. The van der Waals surface area contributed by atoms with Gasteiger partial charge in [-0.05, 0) is 76.2 Å². The molecule has 1 unspecified atom stereocenters. The predicted octanol–water partition coefficient (Wildman–Crippen LogP) is 4.25. The summed E-state index contributed by atoms with van der Waals surface area (Å²) in [5.74, 6) is 0.219. The van der Waals surface area contributed by atoms with E-state index in [9.17, 15) is 4.79 Å². The van der Waals surface area contributed by atoms with E-state index in [0.717, 1.165) is 41.9 Å². The number of likely N-dealkylation sites (tertiary alicyclic amines) is 1. The van der Waals surface area contributed by atoms with Gasteiger partial charge in [-0.1, -0.05) is 34.5 Å². The number of nitrogens with one attached hydrogen (secondary N) is 1. The van der Waals surface area contributed by atoms with E-state index in [1.165, 1.54) is 38.8 Å². The molecule has 1 amide bonds. The molecule has 1 aromatic rings. The fourth-order valence-corrected chi connectivity index (χ4v) is 4.11. The Bertz CT molecular complexity index is 553. The summed E-state index contributed by atoms with van der Waals surface area (Å²) in [5, 5.41) is 3.18. The normalized spacial score (nSPS) is 23.0. The quantitative estimate of drug-likeness (QED) is 0.703. The van der Waals surface area contributed by atoms with Crippen molar-refractivity contribution in [2.45, 2.75) is 63.3 Å². The number of rotatable bonds is 7. The third-order valence-electron chi connectivity index (χ3n) is 5.68. The molecule has 1 heterocycles. The van der Waals surface area contributed by atoms with Gasteiger partial charge in [0.25, 0.3) is 0 Å². The lowest BCUT2D eigenvalue weighted by Gasteiger charge is -2.33. The maximum atomic E-state index is 12.6. The van der Waals surface area contributed by atoms with Crippen molar-refractivity contribution in [2.75, 3.05) is 19.6 Å². The van der Waals surface area contributed by atoms with Crippen LogP contribution in [0.2, 0.25) is 0 Å². The number of carbonyl (C=O) groups excluding carboxylic acids is 1. The van der Waals surface area contributed by atoms with Crippen LogP contribution in [-0.4, -0.2) is 36.5 Å². The number of carbonyl (C=O) groups is 1. The second-order valence-corrected chi connectivity index (χ2v) is 8.35. The van der Waals surface area contributed by atoms with Gasteiger partial charge >= 0.3 is 0 Å². The van der Waals surface area contributed by atoms with Gasteiger partial charge in [0.1, 0.15) is 0 Å². The van der Waals surface area contributed by atoms with Gasteiger partial charge in [0, 0.05) is 17.1 Å². The van der Waals surface area contributed by atoms with Crippen LogP contribution in [0.5, 0.6) is 0 Å². The van der Waals surface area contributed by atoms with Gasteiger partial charge in [-0.2, -0.15) is 0 Å². The van der Waals surface area contributed by atoms with Crippen LogP contribution in [0.15, 0.2) is 28.7 Å². The van der Waals surface area contributed by atoms with Gasteiger partial charge in [-0.15, -0.1) is 0 Å². The highest BCUT2D eigenvalue weighted by Crippen LogP contribution is 2.48. The first-order valence-corrected chi connectivity index (χ1v) is 10.2. The Morgan fingerprint density at radius 1 is 1.25 bits per heavy atom. The van der Waals surface area contributed by atoms with E-state index in [-0.39, 0.29) is 11.3 Å². The van der Waals surface area contributed by atoms with Gasteiger partial charge in [-0.3, -0.25) is 4.79 Å². The van der Waals surface area contributed by atoms with E-state index in [2.05, 4.69) is 45.2 Å². The highest BCUT2D eigenvalue weighted by atomic mass is 79.9. The number of halogens is 1. The van der Waals surface area contributed by atoms with Crippen LogP contribution < -0.4 is 5.32 Å². The second kappa shape index (κ2) is 8.01. The number of hydrogen-bond donors (Lipinski definition) is 1. The van der Waals surface area contributed by atoms with Crippen molar-refractivity contribution in [1.82, 2.24) is 10.2 Å². The van der Waals surface area contributed by atoms with E-state index < -0.39 is 0 Å². The molecule has 0 radical (unpaired) electrons. The molecule has 0 aromatic heterocycles. The summed E-state index contributed by atoms with van der Waals surface area (Å²) >= 11 is 3.46. The first kappa shape index (κ1) is 17.9. The van der Waals surface area contributed by atoms with Crippen molar-refractivity contribution in [3.8, 4) is 0 Å². The monoisotopic (exact) mass is 392 g/mol. The number of piperidine rings is 1. The molecule has 1 saturated heterocycles. The number of unbranched alkanes of at least 4 members (excludes halogenated alkanes) is 1. The fraction of sp³-hybridized carbons (Fsp3) is 0.650. The Morgan fingerprint density at radius 2 is 2.00 bits per heavy atom. The van der Waals surface area contributed by atoms with Gasteiger partial charge in [0.15, 0.2) is 0 Å². The van der Waals surface area contributed by atoms with Gasteiger partial charge in [0.05, 0.1) is 5.41 Å². The van der Waals surface area contributed by atoms with Crippen LogP contribution >= 0.6 is 15.9 Å². The molecule has 3 nitrogen and oxygen atoms in total. The lowest BCUT2D eigenvalue weighted by molar-refractivity contribution is -0.123. The zero-order valence-corrected chi connectivity index (χ0v) is 16.3. The molecule has 132 valence electrons. The molecule has 1 aliphatic heterocycles. The van der Waals surface area contributed by atoms with Crippen LogP contribution in [-0.2, 0) is 10.2 Å². The van der Waals surface area contributed by atoms with E-state index >= 15 is 0 Å². The number of nitrogens with zero attached hydrogens (tertiary/aromatic N) is 1. The Hall–Kier alpha value is -0.870. The van der Waals surface area contributed by atoms with E-state index in [1.807, 2.05) is 12.1 Å². The van der Waals surface area contributed by atoms with Crippen LogP contribution in [0, 0.1) is 0 Å². The lowest BCUT2D eigenvalue weighted by atomic mass is 9.95. The largest absolute Gasteiger partial charge is 0.355 e. The van der Waals surface area contributed by atoms with Crippen molar-refractivity contribution >= 4 is 21.8 Å². The minimum atomic E-state index is -0.248. The summed E-state index contributed by atoms with van der Waals surface area (Å²) in [6, 6.07) is 8.95. The Kier molecular flexibility index (Phi) is 5.98. The van der Waals surface area contributed by atoms with Crippen LogP contribution in [0.1, 0.15) is 57.4 Å². The molecule has 1 aromatic carbocycles. The zero-order valence-electron chi connectivity index (χ0n) is 14.7. The third-order valence-corrected chi connectivity index (χ3v) is 6.21. The highest BCUT2D eigenvalue weighted by Gasteiger charge is 2.50. The molecule has 1 N–H and O–H groups in total. The molecule has 0 spiro atoms. The molecular formula is C20H29BrN2O. The SMILES string of the molecule is CC1CCCCN1CCCCNC(=O)C1(c2ccc(Br)cc2)CC1. The predicted molar refractivity (Wildman–Crippen MR) is 102 cm³/mol. The van der Waals surface area contributed by atoms with Crippen molar-refractivity contribution < 1.29 is 4.79 Å². The van der Waals surface area contributed by atoms with Crippen LogP contribution in [0.4, 0.5) is 0 Å². The Labute approximate surface area is 154 Å². The molecular weight excluding hydrogens is 364 g/mol. The Balaban J connectivity index is 1.39. The molecule has 2 aliphatic rings. The summed E-state index contributed by atoms with van der Waals surface area (Å²) in [4.78, 5) is 15.2. The standard InChI is InChI=1S/C20H29BrN2O/c1-16-6-2-4-14-23(16)15-5-3-13-22-19(24)20(11-12-20)17-7-9-18(21)10-8-17/h7-10,16H,2-6,11-15H2,1H3,(H,22,24). The molecule has 1 saturated carbocycles. The molecule has 1 aliphatic carbocycles. The first-order chi connectivity index (χ1) is 11.6. The van der Waals surface area contributed by atoms with Gasteiger partial charge in [0.2, 0.25) is 5.91 Å². The van der Waals surface area contributed by atoms with Crippen molar-refractivity contribution in [1.29, 1.82) is 0 Å². The average Bonchev–Trinajstić information content (AvgIpc) is 3.38. The molecule has 4 heteroatoms. The lowest BCUT2D eigenvalue weighted by Crippen LogP contribution is -2.38. The third kappa shape index (κ3) is 4.20. The number of benzene rings is 1. The minimum Gasteiger partial charge on any atom is -0.355 e. The first-order valence-electron chi connectivity index (χ1n) is 9.40. The summed E-state index contributed by atoms with van der Waals surface area (Å²) in [5.41, 5.74) is 0.910. The smallest absolute Gasteiger partial charge is 0.230 e. The van der Waals surface area contributed by atoms with Crippen LogP contribution in [0.3, 0.4) is 0 Å². The molecule has 3 rings (SSSR count). The number of hydrogen-bond acceptors (Lipinski definition) is 2. The van der Waals surface area contributed by atoms with Gasteiger partial charge < -0.3 is 10.2 Å².